The number of furan rings is 1. The van der Waals surface area contributed by atoms with Gasteiger partial charge in [0.05, 0.1) is 0 Å². The van der Waals surface area contributed by atoms with Crippen LogP contribution in [0.4, 0.5) is 34.1 Å². The van der Waals surface area contributed by atoms with Crippen molar-refractivity contribution >= 4 is 114 Å². The first-order chi connectivity index (χ1) is 35.2. The molecule has 0 fully saturated rings. The van der Waals surface area contributed by atoms with E-state index in [0.717, 1.165) is 44.4 Å². The molecule has 0 bridgehead atoms. The number of para-hydroxylation sites is 4. The molecule has 0 saturated carbocycles. The molecule has 2 aliphatic heterocycles. The summed E-state index contributed by atoms with van der Waals surface area (Å²) in [5.41, 5.74) is 11.2. The lowest BCUT2D eigenvalue weighted by Crippen LogP contribution is -2.77. The first-order valence-electron chi connectivity index (χ1n) is 24.5. The fraction of sp³-hybridized carbons (Fsp3) is 0. The molecule has 0 unspecified atom stereocenters. The molecular weight excluding hydrogens is 893 g/mol. The summed E-state index contributed by atoms with van der Waals surface area (Å²) in [5, 5.41) is 13.3. The van der Waals surface area contributed by atoms with Gasteiger partial charge in [0.15, 0.2) is 16.1 Å². The highest BCUT2D eigenvalue weighted by molar-refractivity contribution is 7.22. The maximum Gasteiger partial charge on any atom is 0.184 e. The highest BCUT2D eigenvalue weighted by atomic mass is 28.3. The van der Waals surface area contributed by atoms with Gasteiger partial charge in [-0.2, -0.15) is 0 Å². The molecule has 2 aliphatic rings. The van der Waals surface area contributed by atoms with Crippen LogP contribution in [-0.4, -0.2) is 16.1 Å². The molecule has 0 amide bonds. The molecule has 0 atom stereocenters. The number of fused-ring (bicyclic) bond motifs is 7. The number of anilines is 6. The lowest BCUT2D eigenvalue weighted by molar-refractivity contribution is 0.669. The van der Waals surface area contributed by atoms with Crippen molar-refractivity contribution < 1.29 is 4.42 Å². The van der Waals surface area contributed by atoms with E-state index in [-0.39, 0.29) is 0 Å². The molecule has 334 valence electrons. The highest BCUT2D eigenvalue weighted by Gasteiger charge is 2.50. The Morgan fingerprint density at radius 1 is 0.254 bits per heavy atom. The first-order valence-corrected chi connectivity index (χ1v) is 28.5. The Morgan fingerprint density at radius 2 is 0.563 bits per heavy atom. The Morgan fingerprint density at radius 3 is 0.972 bits per heavy atom. The lowest BCUT2D eigenvalue weighted by Gasteiger charge is -2.45. The average molecular weight is 939 g/mol. The van der Waals surface area contributed by atoms with Crippen LogP contribution < -0.4 is 51.3 Å². The van der Waals surface area contributed by atoms with Crippen molar-refractivity contribution in [2.75, 3.05) is 9.80 Å². The van der Waals surface area contributed by atoms with E-state index in [2.05, 4.69) is 289 Å². The van der Waals surface area contributed by atoms with Gasteiger partial charge in [-0.3, -0.25) is 0 Å². The minimum absolute atomic E-state index is 0.875. The van der Waals surface area contributed by atoms with E-state index in [1.165, 1.54) is 64.2 Å². The zero-order chi connectivity index (χ0) is 46.9. The minimum atomic E-state index is -2.73. The average Bonchev–Trinajstić information content (AvgIpc) is 3.82. The monoisotopic (exact) mass is 938 g/mol. The van der Waals surface area contributed by atoms with E-state index in [1.807, 2.05) is 0 Å². The molecule has 71 heavy (non-hydrogen) atoms. The van der Waals surface area contributed by atoms with Gasteiger partial charge in [-0.1, -0.05) is 212 Å². The molecule has 3 nitrogen and oxygen atoms in total. The standard InChI is InChI=1S/C66H46N2OSi2/c1-5-21-51(22-6-1)70(52-23-7-2-8-24-52)63-33-17-13-29-57(63)67(58-30-14-18-34-64(58)70)49-40-37-47(38-41-49)48-39-43-61-55(45-48)56-46-50(42-44-62(56)69-61)68-59-31-15-19-35-65(59)71(53-25-9-3-10-26-53,54-27-11-4-12-28-54)66-36-20-16-32-60(66)68/h1-46H. The zero-order valence-electron chi connectivity index (χ0n) is 38.9. The fourth-order valence-electron chi connectivity index (χ4n) is 12.3. The number of benzene rings is 11. The molecule has 12 aromatic rings. The third-order valence-corrected chi connectivity index (χ3v) is 24.9. The normalized spacial score (nSPS) is 14.1. The van der Waals surface area contributed by atoms with Crippen molar-refractivity contribution in [1.29, 1.82) is 0 Å². The Labute approximate surface area is 415 Å². The van der Waals surface area contributed by atoms with Gasteiger partial charge < -0.3 is 14.2 Å². The molecule has 5 heteroatoms. The van der Waals surface area contributed by atoms with Gasteiger partial charge in [0, 0.05) is 44.9 Å². The molecule has 14 rings (SSSR count). The summed E-state index contributed by atoms with van der Waals surface area (Å²) >= 11 is 0. The van der Waals surface area contributed by atoms with Gasteiger partial charge in [0.25, 0.3) is 0 Å². The van der Waals surface area contributed by atoms with Crippen LogP contribution in [0.5, 0.6) is 0 Å². The van der Waals surface area contributed by atoms with Crippen LogP contribution in [0, 0.1) is 0 Å². The maximum absolute atomic E-state index is 6.60. The quantitative estimate of drug-likeness (QED) is 0.149. The van der Waals surface area contributed by atoms with Crippen molar-refractivity contribution in [2.45, 2.75) is 0 Å². The molecule has 3 heterocycles. The molecule has 0 aliphatic carbocycles. The second kappa shape index (κ2) is 16.5. The molecule has 0 spiro atoms. The highest BCUT2D eigenvalue weighted by Crippen LogP contribution is 2.43. The topological polar surface area (TPSA) is 19.6 Å². The number of hydrogen-bond acceptors (Lipinski definition) is 3. The summed E-state index contributed by atoms with van der Waals surface area (Å²) in [5.74, 6) is 0. The summed E-state index contributed by atoms with van der Waals surface area (Å²) in [4.78, 5) is 4.95. The van der Waals surface area contributed by atoms with E-state index in [0.29, 0.717) is 0 Å². The van der Waals surface area contributed by atoms with Crippen LogP contribution in [-0.2, 0) is 0 Å². The van der Waals surface area contributed by atoms with Gasteiger partial charge in [-0.05, 0) is 119 Å². The second-order valence-corrected chi connectivity index (χ2v) is 26.2. The zero-order valence-corrected chi connectivity index (χ0v) is 40.9. The summed E-state index contributed by atoms with van der Waals surface area (Å²) in [7, 11) is -5.42. The van der Waals surface area contributed by atoms with Crippen molar-refractivity contribution in [1.82, 2.24) is 0 Å². The second-order valence-electron chi connectivity index (χ2n) is 18.7. The summed E-state index contributed by atoms with van der Waals surface area (Å²) < 4.78 is 6.60. The number of hydrogen-bond donors (Lipinski definition) is 0. The molecule has 11 aromatic carbocycles. The van der Waals surface area contributed by atoms with E-state index >= 15 is 0 Å². The third-order valence-electron chi connectivity index (χ3n) is 15.2. The molecule has 0 saturated heterocycles. The summed E-state index contributed by atoms with van der Waals surface area (Å²) in [6, 6.07) is 104. The number of rotatable bonds is 7. The van der Waals surface area contributed by atoms with Crippen LogP contribution in [0.1, 0.15) is 0 Å². The summed E-state index contributed by atoms with van der Waals surface area (Å²) in [6.45, 7) is 0. The Hall–Kier alpha value is -8.75. The Kier molecular flexibility index (Phi) is 9.56. The van der Waals surface area contributed by atoms with Crippen LogP contribution in [0.2, 0.25) is 0 Å². The predicted molar refractivity (Wildman–Crippen MR) is 303 cm³/mol. The van der Waals surface area contributed by atoms with E-state index in [4.69, 9.17) is 4.42 Å². The smallest absolute Gasteiger partial charge is 0.184 e. The van der Waals surface area contributed by atoms with E-state index < -0.39 is 16.1 Å². The van der Waals surface area contributed by atoms with Crippen LogP contribution in [0.3, 0.4) is 0 Å². The predicted octanol–water partition coefficient (Wildman–Crippen LogP) is 11.6. The third kappa shape index (κ3) is 6.13. The van der Waals surface area contributed by atoms with Crippen LogP contribution in [0.25, 0.3) is 33.1 Å². The van der Waals surface area contributed by atoms with Crippen molar-refractivity contribution in [3.05, 3.63) is 279 Å². The van der Waals surface area contributed by atoms with Crippen LogP contribution >= 0.6 is 0 Å². The van der Waals surface area contributed by atoms with Gasteiger partial charge in [-0.15, -0.1) is 0 Å². The van der Waals surface area contributed by atoms with Gasteiger partial charge in [-0.25, -0.2) is 0 Å². The summed E-state index contributed by atoms with van der Waals surface area (Å²) in [6.07, 6.45) is 0. The van der Waals surface area contributed by atoms with Crippen LogP contribution in [0.15, 0.2) is 283 Å². The van der Waals surface area contributed by atoms with Crippen molar-refractivity contribution in [3.8, 4) is 11.1 Å². The van der Waals surface area contributed by atoms with Gasteiger partial charge in [0.2, 0.25) is 0 Å². The molecule has 1 aromatic heterocycles. The van der Waals surface area contributed by atoms with E-state index in [1.54, 1.807) is 0 Å². The van der Waals surface area contributed by atoms with Gasteiger partial charge in [0.1, 0.15) is 11.2 Å². The Balaban J connectivity index is 0.871. The minimum Gasteiger partial charge on any atom is -0.456 e. The number of nitrogens with zero attached hydrogens (tertiary/aromatic N) is 2. The largest absolute Gasteiger partial charge is 0.456 e. The Bertz CT molecular complexity index is 3770. The van der Waals surface area contributed by atoms with E-state index in [9.17, 15) is 0 Å². The SMILES string of the molecule is c1ccc([Si]2(c3ccccc3)c3ccccc3N(c3ccc(-c4ccc5oc6ccc(N7c8ccccc8[Si](c8ccccc8)(c8ccccc8)c8ccccc87)cc6c5c4)cc3)c3ccccc32)cc1. The van der Waals surface area contributed by atoms with Crippen molar-refractivity contribution in [3.63, 3.8) is 0 Å². The maximum atomic E-state index is 6.60. The molecule has 0 N–H and O–H groups in total. The lowest BCUT2D eigenvalue weighted by atomic mass is 10.0. The molecule has 0 radical (unpaired) electrons. The first kappa shape index (κ1) is 41.2. The van der Waals surface area contributed by atoms with Crippen molar-refractivity contribution in [2.24, 2.45) is 0 Å². The molecular formula is C66H46N2OSi2. The fourth-order valence-corrected chi connectivity index (χ4v) is 22.5. The van der Waals surface area contributed by atoms with Gasteiger partial charge >= 0.3 is 0 Å².